The van der Waals surface area contributed by atoms with E-state index in [1.165, 1.54) is 19.2 Å². The second-order valence-corrected chi connectivity index (χ2v) is 8.34. The number of ether oxygens (including phenoxy) is 3. The number of nitrogens with one attached hydrogen (secondary N) is 2. The Morgan fingerprint density at radius 2 is 1.97 bits per heavy atom. The zero-order chi connectivity index (χ0) is 20.9. The summed E-state index contributed by atoms with van der Waals surface area (Å²) in [6.07, 6.45) is -0.336. The topological polar surface area (TPSA) is 103 Å². The van der Waals surface area contributed by atoms with Crippen molar-refractivity contribution < 1.29 is 27.4 Å². The van der Waals surface area contributed by atoms with Crippen molar-refractivity contribution in [2.24, 2.45) is 0 Å². The van der Waals surface area contributed by atoms with Gasteiger partial charge < -0.3 is 19.5 Å². The Bertz CT molecular complexity index is 977. The van der Waals surface area contributed by atoms with Gasteiger partial charge in [0.05, 0.1) is 18.0 Å². The van der Waals surface area contributed by atoms with Crippen LogP contribution in [0.2, 0.25) is 0 Å². The fraction of sp³-hybridized carbons (Fsp3) is 0.350. The van der Waals surface area contributed by atoms with Crippen molar-refractivity contribution in [2.75, 3.05) is 33.4 Å². The predicted octanol–water partition coefficient (Wildman–Crippen LogP) is 1.49. The highest BCUT2D eigenvalue weighted by molar-refractivity contribution is 7.89. The van der Waals surface area contributed by atoms with Gasteiger partial charge in [0.25, 0.3) is 5.91 Å². The summed E-state index contributed by atoms with van der Waals surface area (Å²) < 4.78 is 43.5. The van der Waals surface area contributed by atoms with Gasteiger partial charge in [-0.3, -0.25) is 4.79 Å². The standard InChI is InChI=1S/C20H24N2O6S/c1-14-7-8-16(29(24,25)22-9-10-26-2)11-17(14)20(23)21-12-15-13-27-18-5-3-4-6-19(18)28-15/h3-8,11,15,22H,9-10,12-13H2,1-2H3,(H,21,23). The van der Waals surface area contributed by atoms with E-state index in [4.69, 9.17) is 14.2 Å². The van der Waals surface area contributed by atoms with Crippen LogP contribution in [0.25, 0.3) is 0 Å². The Morgan fingerprint density at radius 1 is 1.21 bits per heavy atom. The van der Waals surface area contributed by atoms with Crippen molar-refractivity contribution in [3.63, 3.8) is 0 Å². The van der Waals surface area contributed by atoms with E-state index in [-0.39, 0.29) is 42.2 Å². The Hall–Kier alpha value is -2.62. The number of para-hydroxylation sites is 2. The number of fused-ring (bicyclic) bond motifs is 1. The van der Waals surface area contributed by atoms with Gasteiger partial charge in [-0.2, -0.15) is 0 Å². The minimum absolute atomic E-state index is 0.0236. The Labute approximate surface area is 170 Å². The van der Waals surface area contributed by atoms with Gasteiger partial charge in [-0.1, -0.05) is 18.2 Å². The van der Waals surface area contributed by atoms with Crippen LogP contribution >= 0.6 is 0 Å². The SMILES string of the molecule is COCCNS(=O)(=O)c1ccc(C)c(C(=O)NCC2COc3ccccc3O2)c1. The molecule has 8 nitrogen and oxygen atoms in total. The molecule has 1 heterocycles. The third-order valence-electron chi connectivity index (χ3n) is 4.42. The molecule has 1 aliphatic heterocycles. The monoisotopic (exact) mass is 420 g/mol. The van der Waals surface area contributed by atoms with Gasteiger partial charge in [-0.25, -0.2) is 13.1 Å². The van der Waals surface area contributed by atoms with Gasteiger partial charge >= 0.3 is 0 Å². The Balaban J connectivity index is 1.65. The van der Waals surface area contributed by atoms with Crippen LogP contribution in [0.1, 0.15) is 15.9 Å². The van der Waals surface area contributed by atoms with Crippen molar-refractivity contribution in [3.05, 3.63) is 53.6 Å². The lowest BCUT2D eigenvalue weighted by molar-refractivity contribution is 0.0789. The number of methoxy groups -OCH3 is 1. The molecule has 0 bridgehead atoms. The van der Waals surface area contributed by atoms with Crippen molar-refractivity contribution in [2.45, 2.75) is 17.9 Å². The summed E-state index contributed by atoms with van der Waals surface area (Å²) in [5.74, 6) is 0.924. The molecule has 2 N–H and O–H groups in total. The lowest BCUT2D eigenvalue weighted by Crippen LogP contribution is -2.41. The molecule has 156 valence electrons. The number of sulfonamides is 1. The zero-order valence-corrected chi connectivity index (χ0v) is 17.1. The van der Waals surface area contributed by atoms with Crippen molar-refractivity contribution in [3.8, 4) is 11.5 Å². The van der Waals surface area contributed by atoms with E-state index < -0.39 is 10.0 Å². The van der Waals surface area contributed by atoms with Crippen LogP contribution in [-0.4, -0.2) is 53.8 Å². The van der Waals surface area contributed by atoms with Gasteiger partial charge in [0.1, 0.15) is 12.7 Å². The molecule has 3 rings (SSSR count). The van der Waals surface area contributed by atoms with Crippen LogP contribution in [0, 0.1) is 6.92 Å². The van der Waals surface area contributed by atoms with E-state index in [1.807, 2.05) is 18.2 Å². The largest absolute Gasteiger partial charge is 0.486 e. The second-order valence-electron chi connectivity index (χ2n) is 6.57. The van der Waals surface area contributed by atoms with Crippen LogP contribution in [0.5, 0.6) is 11.5 Å². The summed E-state index contributed by atoms with van der Waals surface area (Å²) in [5.41, 5.74) is 0.959. The van der Waals surface area contributed by atoms with Gasteiger partial charge in [-0.05, 0) is 36.8 Å². The smallest absolute Gasteiger partial charge is 0.251 e. The third-order valence-corrected chi connectivity index (χ3v) is 5.88. The summed E-state index contributed by atoms with van der Waals surface area (Å²) in [7, 11) is -2.24. The molecule has 0 saturated carbocycles. The summed E-state index contributed by atoms with van der Waals surface area (Å²) >= 11 is 0. The molecule has 1 aliphatic rings. The number of amides is 1. The highest BCUT2D eigenvalue weighted by Crippen LogP contribution is 2.30. The van der Waals surface area contributed by atoms with Crippen molar-refractivity contribution in [1.82, 2.24) is 10.0 Å². The van der Waals surface area contributed by atoms with Crippen LogP contribution in [0.4, 0.5) is 0 Å². The third kappa shape index (κ3) is 5.26. The molecule has 1 unspecified atom stereocenters. The maximum atomic E-state index is 12.7. The van der Waals surface area contributed by atoms with E-state index in [0.29, 0.717) is 23.7 Å². The maximum Gasteiger partial charge on any atom is 0.251 e. The van der Waals surface area contributed by atoms with E-state index in [2.05, 4.69) is 10.0 Å². The summed E-state index contributed by atoms with van der Waals surface area (Å²) in [4.78, 5) is 12.7. The van der Waals surface area contributed by atoms with E-state index in [0.717, 1.165) is 0 Å². The average Bonchev–Trinajstić information content (AvgIpc) is 2.72. The second kappa shape index (κ2) is 9.25. The lowest BCUT2D eigenvalue weighted by Gasteiger charge is -2.26. The number of carbonyl (C=O) groups excluding carboxylic acids is 1. The summed E-state index contributed by atoms with van der Waals surface area (Å²) in [6.45, 7) is 2.70. The number of benzene rings is 2. The first-order valence-electron chi connectivity index (χ1n) is 9.16. The predicted molar refractivity (Wildman–Crippen MR) is 107 cm³/mol. The quantitative estimate of drug-likeness (QED) is 0.628. The average molecular weight is 420 g/mol. The molecule has 0 radical (unpaired) electrons. The molecule has 0 aromatic heterocycles. The van der Waals surface area contributed by atoms with Gasteiger partial charge in [0.2, 0.25) is 10.0 Å². The molecule has 1 amide bonds. The fourth-order valence-electron chi connectivity index (χ4n) is 2.84. The van der Waals surface area contributed by atoms with Gasteiger partial charge in [-0.15, -0.1) is 0 Å². The maximum absolute atomic E-state index is 12.7. The molecule has 9 heteroatoms. The number of hydrogen-bond acceptors (Lipinski definition) is 6. The molecule has 0 fully saturated rings. The molecular formula is C20H24N2O6S. The van der Waals surface area contributed by atoms with Crippen LogP contribution < -0.4 is 19.5 Å². The zero-order valence-electron chi connectivity index (χ0n) is 16.3. The lowest BCUT2D eigenvalue weighted by atomic mass is 10.1. The summed E-state index contributed by atoms with van der Waals surface area (Å²) in [6, 6.07) is 11.8. The van der Waals surface area contributed by atoms with Gasteiger partial charge in [0.15, 0.2) is 11.5 Å². The first-order valence-corrected chi connectivity index (χ1v) is 10.6. The fourth-order valence-corrected chi connectivity index (χ4v) is 3.88. The molecule has 2 aromatic carbocycles. The summed E-state index contributed by atoms with van der Waals surface area (Å²) in [5, 5.41) is 2.79. The van der Waals surface area contributed by atoms with Crippen molar-refractivity contribution in [1.29, 1.82) is 0 Å². The molecule has 2 aromatic rings. The normalized spacial score (nSPS) is 15.7. The highest BCUT2D eigenvalue weighted by atomic mass is 32.2. The number of hydrogen-bond donors (Lipinski definition) is 2. The molecule has 1 atom stereocenters. The Morgan fingerprint density at radius 3 is 2.72 bits per heavy atom. The van der Waals surface area contributed by atoms with Crippen molar-refractivity contribution >= 4 is 15.9 Å². The van der Waals surface area contributed by atoms with E-state index in [1.54, 1.807) is 19.1 Å². The molecule has 0 aliphatic carbocycles. The van der Waals surface area contributed by atoms with Gasteiger partial charge in [0, 0.05) is 19.2 Å². The molecular weight excluding hydrogens is 396 g/mol. The van der Waals surface area contributed by atoms with E-state index >= 15 is 0 Å². The van der Waals surface area contributed by atoms with Crippen LogP contribution in [0.3, 0.4) is 0 Å². The Kier molecular flexibility index (Phi) is 6.73. The molecule has 0 spiro atoms. The molecule has 29 heavy (non-hydrogen) atoms. The first kappa shape index (κ1) is 21.1. The molecule has 0 saturated heterocycles. The minimum atomic E-state index is -3.73. The number of carbonyl (C=O) groups is 1. The van der Waals surface area contributed by atoms with Crippen LogP contribution in [0.15, 0.2) is 47.4 Å². The number of rotatable bonds is 8. The number of aryl methyl sites for hydroxylation is 1. The highest BCUT2D eigenvalue weighted by Gasteiger charge is 2.22. The van der Waals surface area contributed by atoms with Crippen LogP contribution in [-0.2, 0) is 14.8 Å². The van der Waals surface area contributed by atoms with E-state index in [9.17, 15) is 13.2 Å². The first-order chi connectivity index (χ1) is 13.9. The minimum Gasteiger partial charge on any atom is -0.486 e.